The van der Waals surface area contributed by atoms with Crippen LogP contribution in [-0.4, -0.2) is 42.2 Å². The Hall–Kier alpha value is -1.03. The van der Waals surface area contributed by atoms with Crippen molar-refractivity contribution in [2.75, 3.05) is 6.54 Å². The van der Waals surface area contributed by atoms with Gasteiger partial charge in [-0.1, -0.05) is 6.92 Å². The number of aromatic carboxylic acids is 1. The van der Waals surface area contributed by atoms with Gasteiger partial charge in [-0.2, -0.15) is 0 Å². The zero-order valence-corrected chi connectivity index (χ0v) is 10.6. The van der Waals surface area contributed by atoms with E-state index >= 15 is 0 Å². The lowest BCUT2D eigenvalue weighted by molar-refractivity contribution is 0.0687. The lowest BCUT2D eigenvalue weighted by Crippen LogP contribution is -2.32. The van der Waals surface area contributed by atoms with Gasteiger partial charge in [-0.15, -0.1) is 11.3 Å². The molecule has 3 N–H and O–H groups in total. The molecular weight excluding hydrogens is 268 g/mol. The van der Waals surface area contributed by atoms with Crippen LogP contribution in [0.2, 0.25) is 0 Å². The molecule has 0 radical (unpaired) electrons. The van der Waals surface area contributed by atoms with E-state index in [1.807, 2.05) is 0 Å². The second-order valence-corrected chi connectivity index (χ2v) is 6.02. The van der Waals surface area contributed by atoms with Crippen LogP contribution in [0.1, 0.15) is 23.8 Å². The smallest absolute Gasteiger partial charge is 0.356 e. The van der Waals surface area contributed by atoms with Gasteiger partial charge >= 0.3 is 5.97 Å². The monoisotopic (exact) mass is 280 g/mol. The lowest BCUT2D eigenvalue weighted by Gasteiger charge is -2.09. The molecule has 0 aliphatic heterocycles. The van der Waals surface area contributed by atoms with Gasteiger partial charge in [0.25, 0.3) is 10.0 Å². The summed E-state index contributed by atoms with van der Waals surface area (Å²) in [5.41, 5.74) is 0.641. The van der Waals surface area contributed by atoms with E-state index in [0.29, 0.717) is 6.42 Å². The minimum absolute atomic E-state index is 0.157. The highest BCUT2D eigenvalue weighted by atomic mass is 32.2. The average molecular weight is 280 g/mol. The molecule has 1 rings (SSSR count). The van der Waals surface area contributed by atoms with E-state index in [0.717, 1.165) is 16.8 Å². The van der Waals surface area contributed by atoms with Crippen molar-refractivity contribution >= 4 is 27.3 Å². The number of thiazole rings is 1. The number of carbonyl (C=O) groups is 1. The highest BCUT2D eigenvalue weighted by molar-refractivity contribution is 7.91. The number of aliphatic hydroxyl groups excluding tert-OH is 1. The summed E-state index contributed by atoms with van der Waals surface area (Å²) in [5.74, 6) is -1.40. The molecule has 1 atom stereocenters. The van der Waals surface area contributed by atoms with Crippen LogP contribution in [-0.2, 0) is 10.0 Å². The van der Waals surface area contributed by atoms with Gasteiger partial charge in [0.1, 0.15) is 0 Å². The van der Waals surface area contributed by atoms with Crippen LogP contribution < -0.4 is 4.72 Å². The van der Waals surface area contributed by atoms with E-state index in [-0.39, 0.29) is 10.8 Å². The predicted molar refractivity (Wildman–Crippen MR) is 60.6 cm³/mol. The van der Waals surface area contributed by atoms with Crippen molar-refractivity contribution in [3.63, 3.8) is 0 Å². The molecule has 0 aliphatic rings. The molecular formula is C8H12N2O5S2. The number of nitrogens with zero attached hydrogens (tertiary/aromatic N) is 1. The van der Waals surface area contributed by atoms with Gasteiger partial charge in [0.15, 0.2) is 9.90 Å². The van der Waals surface area contributed by atoms with Gasteiger partial charge in [0.2, 0.25) is 0 Å². The second kappa shape index (κ2) is 5.54. The summed E-state index contributed by atoms with van der Waals surface area (Å²) in [6.07, 6.45) is -0.400. The van der Waals surface area contributed by atoms with E-state index in [1.165, 1.54) is 0 Å². The minimum atomic E-state index is -3.93. The van der Waals surface area contributed by atoms with Crippen LogP contribution in [0.25, 0.3) is 0 Å². The van der Waals surface area contributed by atoms with Crippen LogP contribution in [0.15, 0.2) is 9.72 Å². The van der Waals surface area contributed by atoms with E-state index in [1.54, 1.807) is 6.92 Å². The second-order valence-electron chi connectivity index (χ2n) is 3.21. The Morgan fingerprint density at radius 1 is 1.65 bits per heavy atom. The molecule has 1 unspecified atom stereocenters. The zero-order valence-electron chi connectivity index (χ0n) is 8.95. The molecule has 1 heterocycles. The third kappa shape index (κ3) is 3.46. The third-order valence-corrected chi connectivity index (χ3v) is 4.76. The van der Waals surface area contributed by atoms with Gasteiger partial charge in [-0.25, -0.2) is 22.9 Å². The first-order valence-corrected chi connectivity index (χ1v) is 7.09. The van der Waals surface area contributed by atoms with E-state index in [2.05, 4.69) is 9.71 Å². The third-order valence-electron chi connectivity index (χ3n) is 1.96. The number of aliphatic hydroxyl groups is 1. The Labute approximate surface area is 102 Å². The molecule has 0 spiro atoms. The Balaban J connectivity index is 2.90. The van der Waals surface area contributed by atoms with Crippen LogP contribution in [0.4, 0.5) is 0 Å². The molecule has 9 heteroatoms. The van der Waals surface area contributed by atoms with Crippen molar-refractivity contribution in [3.8, 4) is 0 Å². The van der Waals surface area contributed by atoms with Crippen molar-refractivity contribution in [2.45, 2.75) is 23.7 Å². The molecule has 96 valence electrons. The van der Waals surface area contributed by atoms with Crippen LogP contribution in [0, 0.1) is 0 Å². The number of rotatable bonds is 6. The largest absolute Gasteiger partial charge is 0.476 e. The molecule has 0 fully saturated rings. The van der Waals surface area contributed by atoms with Crippen LogP contribution in [0.5, 0.6) is 0 Å². The standard InChI is InChI=1S/C8H12N2O5S2/c1-2-5(11)3-10-17(14,15)8-6(7(12)13)9-4-16-8/h4-5,10-11H,2-3H2,1H3,(H,12,13). The molecule has 0 saturated heterocycles. The van der Waals surface area contributed by atoms with Crippen molar-refractivity contribution in [1.29, 1.82) is 0 Å². The zero-order chi connectivity index (χ0) is 13.1. The Bertz CT molecular complexity index is 496. The van der Waals surface area contributed by atoms with Crippen LogP contribution >= 0.6 is 11.3 Å². The fraction of sp³-hybridized carbons (Fsp3) is 0.500. The number of nitrogens with one attached hydrogen (secondary N) is 1. The summed E-state index contributed by atoms with van der Waals surface area (Å²) in [7, 11) is -3.93. The van der Waals surface area contributed by atoms with Crippen molar-refractivity contribution in [1.82, 2.24) is 9.71 Å². The molecule has 0 amide bonds. The summed E-state index contributed by atoms with van der Waals surface area (Å²) < 4.78 is 25.2. The van der Waals surface area contributed by atoms with E-state index in [4.69, 9.17) is 5.11 Å². The summed E-state index contributed by atoms with van der Waals surface area (Å²) in [5, 5.41) is 18.0. The Morgan fingerprint density at radius 3 is 2.82 bits per heavy atom. The SMILES string of the molecule is CCC(O)CNS(=O)(=O)c1scnc1C(=O)O. The predicted octanol–water partition coefficient (Wildman–Crippen LogP) is -0.109. The van der Waals surface area contributed by atoms with E-state index < -0.39 is 27.8 Å². The van der Waals surface area contributed by atoms with Crippen LogP contribution in [0.3, 0.4) is 0 Å². The van der Waals surface area contributed by atoms with Gasteiger partial charge in [-0.05, 0) is 6.42 Å². The molecule has 0 bridgehead atoms. The number of aromatic nitrogens is 1. The first kappa shape index (κ1) is 14.0. The first-order valence-electron chi connectivity index (χ1n) is 4.73. The average Bonchev–Trinajstić information content (AvgIpc) is 2.75. The normalized spacial score (nSPS) is 13.5. The minimum Gasteiger partial charge on any atom is -0.476 e. The summed E-state index contributed by atoms with van der Waals surface area (Å²) >= 11 is 0.720. The molecule has 0 aliphatic carbocycles. The van der Waals surface area contributed by atoms with Crippen molar-refractivity contribution in [2.24, 2.45) is 0 Å². The quantitative estimate of drug-likeness (QED) is 0.669. The van der Waals surface area contributed by atoms with Crippen molar-refractivity contribution in [3.05, 3.63) is 11.2 Å². The number of hydrogen-bond acceptors (Lipinski definition) is 6. The summed E-state index contributed by atoms with van der Waals surface area (Å²) in [6.45, 7) is 1.55. The van der Waals surface area contributed by atoms with Gasteiger partial charge in [0, 0.05) is 6.54 Å². The molecule has 0 aromatic carbocycles. The Morgan fingerprint density at radius 2 is 2.29 bits per heavy atom. The fourth-order valence-corrected chi connectivity index (χ4v) is 3.24. The highest BCUT2D eigenvalue weighted by Crippen LogP contribution is 2.19. The molecule has 0 saturated carbocycles. The topological polar surface area (TPSA) is 117 Å². The highest BCUT2D eigenvalue weighted by Gasteiger charge is 2.25. The fourth-order valence-electron chi connectivity index (χ4n) is 0.984. The number of hydrogen-bond donors (Lipinski definition) is 3. The van der Waals surface area contributed by atoms with Gasteiger partial charge in [-0.3, -0.25) is 0 Å². The summed E-state index contributed by atoms with van der Waals surface area (Å²) in [6, 6.07) is 0. The molecule has 7 nitrogen and oxygen atoms in total. The van der Waals surface area contributed by atoms with Crippen molar-refractivity contribution < 1.29 is 23.4 Å². The molecule has 1 aromatic heterocycles. The lowest BCUT2D eigenvalue weighted by atomic mass is 10.3. The molecule has 17 heavy (non-hydrogen) atoms. The maximum Gasteiger partial charge on any atom is 0.356 e. The Kier molecular flexibility index (Phi) is 4.57. The maximum absolute atomic E-state index is 11.7. The van der Waals surface area contributed by atoms with Gasteiger partial charge in [0.05, 0.1) is 11.6 Å². The number of sulfonamides is 1. The van der Waals surface area contributed by atoms with E-state index in [9.17, 15) is 18.3 Å². The maximum atomic E-state index is 11.7. The summed E-state index contributed by atoms with van der Waals surface area (Å²) in [4.78, 5) is 14.2. The first-order chi connectivity index (χ1) is 7.88. The van der Waals surface area contributed by atoms with Gasteiger partial charge < -0.3 is 10.2 Å². The number of carboxylic acids is 1. The molecule has 1 aromatic rings. The number of carboxylic acid groups (broad SMARTS) is 1.